The van der Waals surface area contributed by atoms with Crippen molar-refractivity contribution in [2.45, 2.75) is 52.7 Å². The fourth-order valence-electron chi connectivity index (χ4n) is 2.85. The number of methoxy groups -OCH3 is 1. The number of nitrogens with zero attached hydrogens (tertiary/aromatic N) is 4. The number of nitrogens with one attached hydrogen (secondary N) is 1. The highest BCUT2D eigenvalue weighted by molar-refractivity contribution is 7.09. The third-order valence-corrected chi connectivity index (χ3v) is 4.77. The summed E-state index contributed by atoms with van der Waals surface area (Å²) in [5.74, 6) is 0.339. The second-order valence-electron chi connectivity index (χ2n) is 8.21. The van der Waals surface area contributed by atoms with Crippen LogP contribution in [0.25, 0.3) is 0 Å². The lowest BCUT2D eigenvalue weighted by molar-refractivity contribution is -0.134. The van der Waals surface area contributed by atoms with E-state index in [1.807, 2.05) is 20.8 Å². The lowest BCUT2D eigenvalue weighted by Gasteiger charge is -2.37. The zero-order valence-corrected chi connectivity index (χ0v) is 18.3. The number of carbonyl (C=O) groups excluding carboxylic acids is 2. The number of rotatable bonds is 6. The van der Waals surface area contributed by atoms with Gasteiger partial charge in [0.2, 0.25) is 11.0 Å². The number of hydrogen-bond donors (Lipinski definition) is 1. The van der Waals surface area contributed by atoms with Gasteiger partial charge in [-0.05, 0) is 33.1 Å². The van der Waals surface area contributed by atoms with E-state index in [0.29, 0.717) is 43.6 Å². The van der Waals surface area contributed by atoms with E-state index in [9.17, 15) is 9.59 Å². The Kier molecular flexibility index (Phi) is 7.45. The summed E-state index contributed by atoms with van der Waals surface area (Å²) in [7, 11) is 1.51. The van der Waals surface area contributed by atoms with Gasteiger partial charge in [0.25, 0.3) is 0 Å². The first kappa shape index (κ1) is 22.2. The molecule has 1 aliphatic heterocycles. The van der Waals surface area contributed by atoms with Gasteiger partial charge in [0.1, 0.15) is 11.6 Å². The number of piperazine rings is 1. The molecule has 1 aromatic rings. The SMILES string of the molecule is COc1nsc(N[C@@H](CC(C)C)C(=O)N2CCN(C(=O)OC(C)(C)C)CC2)n1. The molecule has 0 bridgehead atoms. The highest BCUT2D eigenvalue weighted by Crippen LogP contribution is 2.20. The lowest BCUT2D eigenvalue weighted by atomic mass is 10.0. The molecule has 1 fully saturated rings. The highest BCUT2D eigenvalue weighted by atomic mass is 32.1. The van der Waals surface area contributed by atoms with Crippen molar-refractivity contribution in [2.24, 2.45) is 5.92 Å². The highest BCUT2D eigenvalue weighted by Gasteiger charge is 2.31. The van der Waals surface area contributed by atoms with Crippen LogP contribution in [0.1, 0.15) is 41.0 Å². The van der Waals surface area contributed by atoms with Crippen molar-refractivity contribution in [1.29, 1.82) is 0 Å². The first-order valence-electron chi connectivity index (χ1n) is 9.50. The predicted octanol–water partition coefficient (Wildman–Crippen LogP) is 2.45. The minimum atomic E-state index is -0.529. The van der Waals surface area contributed by atoms with E-state index < -0.39 is 11.6 Å². The van der Waals surface area contributed by atoms with E-state index in [1.54, 1.807) is 9.80 Å². The molecule has 2 rings (SSSR count). The fraction of sp³-hybridized carbons (Fsp3) is 0.778. The molecule has 0 spiro atoms. The second kappa shape index (κ2) is 9.40. The Labute approximate surface area is 170 Å². The number of ether oxygens (including phenoxy) is 2. The Morgan fingerprint density at radius 3 is 2.29 bits per heavy atom. The van der Waals surface area contributed by atoms with E-state index in [0.717, 1.165) is 0 Å². The minimum Gasteiger partial charge on any atom is -0.466 e. The summed E-state index contributed by atoms with van der Waals surface area (Å²) < 4.78 is 14.5. The van der Waals surface area contributed by atoms with Crippen LogP contribution in [0, 0.1) is 5.92 Å². The average molecular weight is 414 g/mol. The summed E-state index contributed by atoms with van der Waals surface area (Å²) in [5, 5.41) is 3.75. The van der Waals surface area contributed by atoms with Crippen LogP contribution in [0.4, 0.5) is 9.93 Å². The van der Waals surface area contributed by atoms with Crippen LogP contribution in [0.3, 0.4) is 0 Å². The molecule has 1 saturated heterocycles. The quantitative estimate of drug-likeness (QED) is 0.765. The molecule has 0 unspecified atom stereocenters. The van der Waals surface area contributed by atoms with Crippen molar-refractivity contribution in [3.63, 3.8) is 0 Å². The maximum atomic E-state index is 13.1. The predicted molar refractivity (Wildman–Crippen MR) is 108 cm³/mol. The third-order valence-electron chi connectivity index (χ3n) is 4.14. The molecule has 1 aromatic heterocycles. The lowest BCUT2D eigenvalue weighted by Crippen LogP contribution is -2.54. The standard InChI is InChI=1S/C18H31N5O4S/c1-12(2)11-13(19-16-20-15(26-6)21-28-16)14(24)22-7-9-23(10-8-22)17(25)27-18(3,4)5/h12-13H,7-11H2,1-6H3,(H,19,20,21)/t13-/m0/s1. The van der Waals surface area contributed by atoms with Crippen molar-refractivity contribution in [3.8, 4) is 6.01 Å². The molecule has 2 amide bonds. The number of anilines is 1. The van der Waals surface area contributed by atoms with Crippen LogP contribution < -0.4 is 10.1 Å². The first-order chi connectivity index (χ1) is 13.1. The van der Waals surface area contributed by atoms with E-state index in [2.05, 4.69) is 28.5 Å². The summed E-state index contributed by atoms with van der Waals surface area (Å²) in [6, 6.07) is -0.111. The first-order valence-corrected chi connectivity index (χ1v) is 10.3. The van der Waals surface area contributed by atoms with E-state index >= 15 is 0 Å². The Balaban J connectivity index is 1.96. The van der Waals surface area contributed by atoms with E-state index in [4.69, 9.17) is 9.47 Å². The van der Waals surface area contributed by atoms with Gasteiger partial charge in [-0.25, -0.2) is 4.79 Å². The molecular weight excluding hydrogens is 382 g/mol. The van der Waals surface area contributed by atoms with Crippen molar-refractivity contribution in [1.82, 2.24) is 19.2 Å². The molecule has 0 radical (unpaired) electrons. The van der Waals surface area contributed by atoms with Gasteiger partial charge in [0.05, 0.1) is 7.11 Å². The summed E-state index contributed by atoms with van der Waals surface area (Å²) in [6.45, 7) is 11.6. The normalized spacial score (nSPS) is 16.1. The van der Waals surface area contributed by atoms with Gasteiger partial charge in [-0.3, -0.25) is 4.79 Å². The summed E-state index contributed by atoms with van der Waals surface area (Å²) >= 11 is 1.17. The number of hydrogen-bond acceptors (Lipinski definition) is 8. The van der Waals surface area contributed by atoms with Gasteiger partial charge in [0, 0.05) is 37.7 Å². The molecule has 1 N–H and O–H groups in total. The second-order valence-corrected chi connectivity index (χ2v) is 8.96. The van der Waals surface area contributed by atoms with Crippen molar-refractivity contribution in [3.05, 3.63) is 0 Å². The maximum Gasteiger partial charge on any atom is 0.410 e. The fourth-order valence-corrected chi connectivity index (χ4v) is 3.44. The Morgan fingerprint density at radius 1 is 1.18 bits per heavy atom. The molecule has 158 valence electrons. The van der Waals surface area contributed by atoms with Crippen molar-refractivity contribution in [2.75, 3.05) is 38.6 Å². The monoisotopic (exact) mass is 413 g/mol. The number of carbonyl (C=O) groups is 2. The molecular formula is C18H31N5O4S. The van der Waals surface area contributed by atoms with Crippen molar-refractivity contribution >= 4 is 28.7 Å². The van der Waals surface area contributed by atoms with Gasteiger partial charge in [-0.1, -0.05) is 13.8 Å². The largest absolute Gasteiger partial charge is 0.466 e. The van der Waals surface area contributed by atoms with E-state index in [-0.39, 0.29) is 18.0 Å². The summed E-state index contributed by atoms with van der Waals surface area (Å²) in [6.07, 6.45) is 0.338. The van der Waals surface area contributed by atoms with Crippen LogP contribution in [0.2, 0.25) is 0 Å². The Bertz CT molecular complexity index is 665. The summed E-state index contributed by atoms with van der Waals surface area (Å²) in [4.78, 5) is 32.9. The molecule has 10 heteroatoms. The topological polar surface area (TPSA) is 96.9 Å². The molecule has 0 saturated carbocycles. The van der Waals surface area contributed by atoms with Crippen LogP contribution in [0.5, 0.6) is 6.01 Å². The third kappa shape index (κ3) is 6.50. The molecule has 2 heterocycles. The van der Waals surface area contributed by atoms with Gasteiger partial charge in [-0.2, -0.15) is 4.98 Å². The zero-order chi connectivity index (χ0) is 20.9. The van der Waals surface area contributed by atoms with Gasteiger partial charge in [0.15, 0.2) is 0 Å². The molecule has 1 aliphatic rings. The van der Waals surface area contributed by atoms with Crippen LogP contribution in [-0.4, -0.2) is 76.1 Å². The van der Waals surface area contributed by atoms with Crippen LogP contribution in [0.15, 0.2) is 0 Å². The van der Waals surface area contributed by atoms with Gasteiger partial charge in [-0.15, -0.1) is 4.37 Å². The maximum absolute atomic E-state index is 13.1. The van der Waals surface area contributed by atoms with Crippen molar-refractivity contribution < 1.29 is 19.1 Å². The van der Waals surface area contributed by atoms with E-state index in [1.165, 1.54) is 18.6 Å². The molecule has 0 aromatic carbocycles. The average Bonchev–Trinajstić information content (AvgIpc) is 3.06. The minimum absolute atomic E-state index is 0.00621. The van der Waals surface area contributed by atoms with Crippen LogP contribution >= 0.6 is 11.5 Å². The molecule has 1 atom stereocenters. The Morgan fingerprint density at radius 2 is 1.79 bits per heavy atom. The Hall–Kier alpha value is -2.10. The zero-order valence-electron chi connectivity index (χ0n) is 17.5. The molecule has 28 heavy (non-hydrogen) atoms. The molecule has 0 aliphatic carbocycles. The smallest absolute Gasteiger partial charge is 0.410 e. The summed E-state index contributed by atoms with van der Waals surface area (Å²) in [5.41, 5.74) is -0.529. The number of aromatic nitrogens is 2. The van der Waals surface area contributed by atoms with Gasteiger partial charge < -0.3 is 24.6 Å². The molecule has 9 nitrogen and oxygen atoms in total. The van der Waals surface area contributed by atoms with Gasteiger partial charge >= 0.3 is 12.1 Å². The number of amides is 2. The van der Waals surface area contributed by atoms with Crippen LogP contribution in [-0.2, 0) is 9.53 Å².